The van der Waals surface area contributed by atoms with E-state index in [4.69, 9.17) is 10.00 Å². The van der Waals surface area contributed by atoms with Crippen LogP contribution in [0.25, 0.3) is 0 Å². The van der Waals surface area contributed by atoms with Crippen LogP contribution < -0.4 is 0 Å². The summed E-state index contributed by atoms with van der Waals surface area (Å²) in [5, 5.41) is 22.2. The molecular formula is C14H13N3O3. The van der Waals surface area contributed by atoms with Crippen molar-refractivity contribution in [1.82, 2.24) is 9.78 Å². The lowest BCUT2D eigenvalue weighted by Crippen LogP contribution is -2.28. The van der Waals surface area contributed by atoms with Crippen molar-refractivity contribution >= 4 is 5.97 Å². The molecule has 0 radical (unpaired) electrons. The SMILES string of the molecule is N#Cc1cnn(CC(O)C(=O)OCc2ccccc2)c1. The summed E-state index contributed by atoms with van der Waals surface area (Å²) in [5.74, 6) is -0.720. The minimum absolute atomic E-state index is 0.0463. The van der Waals surface area contributed by atoms with Crippen LogP contribution in [0.2, 0.25) is 0 Å². The number of hydrogen-bond donors (Lipinski definition) is 1. The normalized spacial score (nSPS) is 11.6. The van der Waals surface area contributed by atoms with Gasteiger partial charge in [-0.25, -0.2) is 4.79 Å². The number of aromatic nitrogens is 2. The molecule has 1 heterocycles. The standard InChI is InChI=1S/C14H13N3O3/c15-6-12-7-16-17(8-12)9-13(18)14(19)20-10-11-4-2-1-3-5-11/h1-5,7-8,13,18H,9-10H2. The average Bonchev–Trinajstić information content (AvgIpc) is 2.93. The van der Waals surface area contributed by atoms with Crippen LogP contribution in [0.4, 0.5) is 0 Å². The van der Waals surface area contributed by atoms with E-state index in [1.807, 2.05) is 36.4 Å². The zero-order chi connectivity index (χ0) is 14.4. The van der Waals surface area contributed by atoms with E-state index in [9.17, 15) is 9.90 Å². The Bertz CT molecular complexity index is 616. The van der Waals surface area contributed by atoms with Gasteiger partial charge >= 0.3 is 5.97 Å². The fourth-order valence-corrected chi connectivity index (χ4v) is 1.60. The molecule has 0 aliphatic rings. The summed E-state index contributed by atoms with van der Waals surface area (Å²) in [6.45, 7) is 0.0641. The Labute approximate surface area is 115 Å². The minimum atomic E-state index is -1.31. The number of carbonyl (C=O) groups is 1. The van der Waals surface area contributed by atoms with Gasteiger partial charge in [-0.2, -0.15) is 10.4 Å². The molecule has 1 atom stereocenters. The third-order valence-corrected chi connectivity index (χ3v) is 2.62. The Hall–Kier alpha value is -2.65. The van der Waals surface area contributed by atoms with Crippen molar-refractivity contribution in [2.45, 2.75) is 19.3 Å². The fourth-order valence-electron chi connectivity index (χ4n) is 1.60. The van der Waals surface area contributed by atoms with Crippen LogP contribution in [0.1, 0.15) is 11.1 Å². The van der Waals surface area contributed by atoms with E-state index in [0.29, 0.717) is 5.56 Å². The molecule has 1 unspecified atom stereocenters. The summed E-state index contributed by atoms with van der Waals surface area (Å²) in [4.78, 5) is 11.6. The zero-order valence-corrected chi connectivity index (χ0v) is 10.6. The first kappa shape index (κ1) is 13.8. The number of ether oxygens (including phenoxy) is 1. The molecule has 0 bridgehead atoms. The highest BCUT2D eigenvalue weighted by Crippen LogP contribution is 2.03. The molecule has 102 valence electrons. The van der Waals surface area contributed by atoms with Crippen LogP contribution in [0, 0.1) is 11.3 Å². The summed E-state index contributed by atoms with van der Waals surface area (Å²) in [7, 11) is 0. The number of nitriles is 1. The van der Waals surface area contributed by atoms with E-state index in [1.54, 1.807) is 0 Å². The molecule has 0 amide bonds. The van der Waals surface area contributed by atoms with E-state index in [0.717, 1.165) is 5.56 Å². The molecule has 2 rings (SSSR count). The van der Waals surface area contributed by atoms with E-state index in [-0.39, 0.29) is 13.2 Å². The van der Waals surface area contributed by atoms with Gasteiger partial charge in [0.15, 0.2) is 6.10 Å². The van der Waals surface area contributed by atoms with E-state index in [1.165, 1.54) is 17.1 Å². The number of aliphatic hydroxyl groups excluding tert-OH is 1. The first-order valence-corrected chi connectivity index (χ1v) is 6.00. The fraction of sp³-hybridized carbons (Fsp3) is 0.214. The van der Waals surface area contributed by atoms with Gasteiger partial charge in [0.1, 0.15) is 12.7 Å². The maximum absolute atomic E-state index is 11.6. The van der Waals surface area contributed by atoms with E-state index >= 15 is 0 Å². The number of carbonyl (C=O) groups excluding carboxylic acids is 1. The molecule has 1 N–H and O–H groups in total. The molecule has 0 saturated heterocycles. The molecule has 1 aromatic heterocycles. The van der Waals surface area contributed by atoms with Crippen molar-refractivity contribution < 1.29 is 14.6 Å². The second-order valence-corrected chi connectivity index (χ2v) is 4.17. The molecule has 0 saturated carbocycles. The van der Waals surface area contributed by atoms with Gasteiger partial charge in [0.05, 0.1) is 18.3 Å². The van der Waals surface area contributed by atoms with Crippen LogP contribution in [0.15, 0.2) is 42.7 Å². The van der Waals surface area contributed by atoms with Crippen molar-refractivity contribution in [2.24, 2.45) is 0 Å². The maximum Gasteiger partial charge on any atom is 0.337 e. The first-order chi connectivity index (χ1) is 9.69. The van der Waals surface area contributed by atoms with Crippen LogP contribution in [-0.4, -0.2) is 27.0 Å². The van der Waals surface area contributed by atoms with E-state index in [2.05, 4.69) is 5.10 Å². The predicted molar refractivity (Wildman–Crippen MR) is 69.2 cm³/mol. The lowest BCUT2D eigenvalue weighted by molar-refractivity contribution is -0.155. The molecular weight excluding hydrogens is 258 g/mol. The Morgan fingerprint density at radius 1 is 1.45 bits per heavy atom. The monoisotopic (exact) mass is 271 g/mol. The average molecular weight is 271 g/mol. The van der Waals surface area contributed by atoms with Crippen molar-refractivity contribution in [3.8, 4) is 6.07 Å². The Kier molecular flexibility index (Phi) is 4.47. The lowest BCUT2D eigenvalue weighted by atomic mass is 10.2. The molecule has 1 aromatic carbocycles. The van der Waals surface area contributed by atoms with E-state index < -0.39 is 12.1 Å². The third kappa shape index (κ3) is 3.67. The summed E-state index contributed by atoms with van der Waals surface area (Å²) < 4.78 is 6.33. The molecule has 0 spiro atoms. The Morgan fingerprint density at radius 2 is 2.20 bits per heavy atom. The van der Waals surface area contributed by atoms with Gasteiger partial charge in [-0.15, -0.1) is 0 Å². The van der Waals surface area contributed by atoms with Gasteiger partial charge < -0.3 is 9.84 Å². The van der Waals surface area contributed by atoms with Gasteiger partial charge in [0.2, 0.25) is 0 Å². The smallest absolute Gasteiger partial charge is 0.337 e. The highest BCUT2D eigenvalue weighted by atomic mass is 16.5. The Balaban J connectivity index is 1.84. The number of rotatable bonds is 5. The van der Waals surface area contributed by atoms with Gasteiger partial charge in [-0.05, 0) is 5.56 Å². The van der Waals surface area contributed by atoms with Crippen LogP contribution in [0.5, 0.6) is 0 Å². The highest BCUT2D eigenvalue weighted by Gasteiger charge is 2.17. The third-order valence-electron chi connectivity index (χ3n) is 2.62. The van der Waals surface area contributed by atoms with Crippen molar-refractivity contribution in [2.75, 3.05) is 0 Å². The number of hydrogen-bond acceptors (Lipinski definition) is 5. The van der Waals surface area contributed by atoms with Gasteiger partial charge in [-0.3, -0.25) is 4.68 Å². The number of benzene rings is 1. The summed E-state index contributed by atoms with van der Waals surface area (Å²) in [5.41, 5.74) is 1.22. The van der Waals surface area contributed by atoms with Gasteiger partial charge in [0.25, 0.3) is 0 Å². The lowest BCUT2D eigenvalue weighted by Gasteiger charge is -2.10. The topological polar surface area (TPSA) is 88.1 Å². The first-order valence-electron chi connectivity index (χ1n) is 6.00. The predicted octanol–water partition coefficient (Wildman–Crippen LogP) is 0.859. The molecule has 0 aliphatic heterocycles. The second-order valence-electron chi connectivity index (χ2n) is 4.17. The molecule has 6 heteroatoms. The van der Waals surface area contributed by atoms with Crippen molar-refractivity contribution in [3.63, 3.8) is 0 Å². The number of aliphatic hydroxyl groups is 1. The maximum atomic E-state index is 11.6. The largest absolute Gasteiger partial charge is 0.459 e. The van der Waals surface area contributed by atoms with Crippen molar-refractivity contribution in [1.29, 1.82) is 5.26 Å². The summed E-state index contributed by atoms with van der Waals surface area (Å²) >= 11 is 0. The Morgan fingerprint density at radius 3 is 2.85 bits per heavy atom. The second kappa shape index (κ2) is 6.50. The minimum Gasteiger partial charge on any atom is -0.459 e. The van der Waals surface area contributed by atoms with Crippen molar-refractivity contribution in [3.05, 3.63) is 53.9 Å². The van der Waals surface area contributed by atoms with Crippen LogP contribution in [0.3, 0.4) is 0 Å². The summed E-state index contributed by atoms with van der Waals surface area (Å²) in [6.07, 6.45) is 1.50. The molecule has 6 nitrogen and oxygen atoms in total. The molecule has 20 heavy (non-hydrogen) atoms. The number of esters is 1. The highest BCUT2D eigenvalue weighted by molar-refractivity contribution is 5.74. The number of nitrogens with zero attached hydrogens (tertiary/aromatic N) is 3. The summed E-state index contributed by atoms with van der Waals surface area (Å²) in [6, 6.07) is 11.1. The van der Waals surface area contributed by atoms with Gasteiger partial charge in [0, 0.05) is 6.20 Å². The molecule has 2 aromatic rings. The van der Waals surface area contributed by atoms with Crippen LogP contribution in [-0.2, 0) is 22.7 Å². The molecule has 0 aliphatic carbocycles. The zero-order valence-electron chi connectivity index (χ0n) is 10.6. The molecule has 0 fully saturated rings. The van der Waals surface area contributed by atoms with Gasteiger partial charge in [-0.1, -0.05) is 30.3 Å². The quantitative estimate of drug-likeness (QED) is 0.815. The van der Waals surface area contributed by atoms with Crippen LogP contribution >= 0.6 is 0 Å².